The van der Waals surface area contributed by atoms with Crippen molar-refractivity contribution in [3.05, 3.63) is 24.6 Å². The molecule has 0 amide bonds. The zero-order valence-electron chi connectivity index (χ0n) is 8.58. The summed E-state index contributed by atoms with van der Waals surface area (Å²) in [4.78, 5) is 4.13. The van der Waals surface area contributed by atoms with Gasteiger partial charge in [0.1, 0.15) is 5.76 Å². The maximum absolute atomic E-state index is 5.40. The van der Waals surface area contributed by atoms with Crippen molar-refractivity contribution in [3.63, 3.8) is 0 Å². The highest BCUT2D eigenvalue weighted by molar-refractivity contribution is 7.17. The third-order valence-electron chi connectivity index (χ3n) is 1.32. The molecule has 0 saturated carbocycles. The average molecular weight is 199 g/mol. The minimum Gasteiger partial charge on any atom is -0.496 e. The predicted molar refractivity (Wildman–Crippen MR) is 62.2 cm³/mol. The topological polar surface area (TPSA) is 21.6 Å². The number of hydrogen-bond acceptors (Lipinski definition) is 2. The van der Waals surface area contributed by atoms with E-state index in [1.54, 1.807) is 12.3 Å². The van der Waals surface area contributed by atoms with E-state index in [0.29, 0.717) is 12.3 Å². The Balaban J connectivity index is 3.95. The lowest BCUT2D eigenvalue weighted by molar-refractivity contribution is 0.217. The first kappa shape index (κ1) is 12.4. The van der Waals surface area contributed by atoms with Crippen LogP contribution in [0, 0.1) is 0 Å². The van der Waals surface area contributed by atoms with Crippen LogP contribution in [-0.2, 0) is 4.74 Å². The van der Waals surface area contributed by atoms with Gasteiger partial charge in [0.2, 0.25) is 0 Å². The van der Waals surface area contributed by atoms with Gasteiger partial charge < -0.3 is 4.74 Å². The summed E-state index contributed by atoms with van der Waals surface area (Å²) in [5.74, 6) is 0.829. The van der Waals surface area contributed by atoms with Gasteiger partial charge in [0.15, 0.2) is 0 Å². The van der Waals surface area contributed by atoms with Crippen LogP contribution in [-0.4, -0.2) is 18.0 Å². The molecule has 0 aromatic rings. The first-order chi connectivity index (χ1) is 6.06. The Morgan fingerprint density at radius 2 is 2.23 bits per heavy atom. The largest absolute Gasteiger partial charge is 0.496 e. The quantitative estimate of drug-likeness (QED) is 0.379. The molecule has 0 N–H and O–H groups in total. The van der Waals surface area contributed by atoms with Gasteiger partial charge in [0.05, 0.1) is 12.8 Å². The normalized spacial score (nSPS) is 15.4. The third kappa shape index (κ3) is 7.73. The third-order valence-corrected chi connectivity index (χ3v) is 1.51. The lowest BCUT2D eigenvalue weighted by atomic mass is 10.4. The molecule has 0 aromatic carbocycles. The smallest absolute Gasteiger partial charge is 0.111 e. The van der Waals surface area contributed by atoms with E-state index in [4.69, 9.17) is 4.74 Å². The average Bonchev–Trinajstić information content (AvgIpc) is 2.10. The molecule has 2 atom stereocenters. The molecular weight excluding hydrogens is 181 g/mol. The minimum atomic E-state index is 0.466. The van der Waals surface area contributed by atoms with E-state index in [1.807, 2.05) is 13.8 Å². The summed E-state index contributed by atoms with van der Waals surface area (Å²) in [7, 11) is 2.68. The second kappa shape index (κ2) is 6.85. The first-order valence-corrected chi connectivity index (χ1v) is 4.95. The molecule has 0 aliphatic heterocycles. The lowest BCUT2D eigenvalue weighted by Gasteiger charge is -2.07. The number of hydrogen-bond donors (Lipinski definition) is 0. The van der Waals surface area contributed by atoms with Gasteiger partial charge in [-0.2, -0.15) is 0 Å². The van der Waals surface area contributed by atoms with Crippen molar-refractivity contribution in [3.8, 4) is 0 Å². The molecule has 0 aliphatic rings. The van der Waals surface area contributed by atoms with Crippen molar-refractivity contribution in [2.75, 3.05) is 6.61 Å². The molecule has 0 spiro atoms. The molecule has 0 bridgehead atoms. The summed E-state index contributed by atoms with van der Waals surface area (Å²) >= 11 is 0. The summed E-state index contributed by atoms with van der Waals surface area (Å²) in [6.07, 6.45) is 3.42. The molecule has 0 rings (SSSR count). The van der Waals surface area contributed by atoms with Crippen LogP contribution >= 0.6 is 9.24 Å². The van der Waals surface area contributed by atoms with Crippen LogP contribution in [0.3, 0.4) is 0 Å². The lowest BCUT2D eigenvalue weighted by Crippen LogP contribution is -2.02. The summed E-state index contributed by atoms with van der Waals surface area (Å²) in [5.41, 5.74) is 1.36. The van der Waals surface area contributed by atoms with Gasteiger partial charge in [-0.1, -0.05) is 13.5 Å². The van der Waals surface area contributed by atoms with Crippen LogP contribution in [0.15, 0.2) is 29.6 Å². The first-order valence-electron chi connectivity index (χ1n) is 4.28. The van der Waals surface area contributed by atoms with Gasteiger partial charge >= 0.3 is 0 Å². The maximum atomic E-state index is 5.40. The van der Waals surface area contributed by atoms with Gasteiger partial charge in [-0.3, -0.25) is 4.99 Å². The van der Waals surface area contributed by atoms with Gasteiger partial charge in [0.25, 0.3) is 0 Å². The highest BCUT2D eigenvalue weighted by Crippen LogP contribution is 2.03. The Bertz CT molecular complexity index is 219. The molecule has 13 heavy (non-hydrogen) atoms. The van der Waals surface area contributed by atoms with Gasteiger partial charge in [-0.25, -0.2) is 0 Å². The van der Waals surface area contributed by atoms with E-state index in [2.05, 4.69) is 27.7 Å². The standard InChI is InChI=1S/C10H18NOP/c1-5-8(2)11-6-9(3)12-7-10(4)13/h5-6,10H,1,7,13H2,2-4H3/b9-6+,11-8?. The molecule has 0 saturated heterocycles. The van der Waals surface area contributed by atoms with Crippen LogP contribution in [0.25, 0.3) is 0 Å². The Labute approximate surface area is 83.0 Å². The Hall–Kier alpha value is -0.620. The number of rotatable bonds is 5. The number of ether oxygens (including phenoxy) is 1. The van der Waals surface area contributed by atoms with Crippen LogP contribution in [0.2, 0.25) is 0 Å². The number of aliphatic imine (C=N–C) groups is 1. The molecular formula is C10H18NOP. The monoisotopic (exact) mass is 199 g/mol. The van der Waals surface area contributed by atoms with E-state index >= 15 is 0 Å². The predicted octanol–water partition coefficient (Wildman–Crippen LogP) is 2.77. The summed E-state index contributed by atoms with van der Waals surface area (Å²) < 4.78 is 5.40. The van der Waals surface area contributed by atoms with Crippen molar-refractivity contribution in [2.45, 2.75) is 26.4 Å². The minimum absolute atomic E-state index is 0.466. The van der Waals surface area contributed by atoms with Crippen molar-refractivity contribution < 1.29 is 4.74 Å². The maximum Gasteiger partial charge on any atom is 0.111 e. The van der Waals surface area contributed by atoms with Gasteiger partial charge in [-0.05, 0) is 19.9 Å². The Morgan fingerprint density at radius 3 is 2.69 bits per heavy atom. The Morgan fingerprint density at radius 1 is 1.62 bits per heavy atom. The van der Waals surface area contributed by atoms with Crippen LogP contribution in [0.4, 0.5) is 0 Å². The zero-order valence-corrected chi connectivity index (χ0v) is 9.73. The molecule has 3 heteroatoms. The fourth-order valence-electron chi connectivity index (χ4n) is 0.546. The molecule has 0 radical (unpaired) electrons. The molecule has 2 unspecified atom stereocenters. The highest BCUT2D eigenvalue weighted by atomic mass is 31.0. The molecule has 74 valence electrons. The second-order valence-electron chi connectivity index (χ2n) is 3.00. The molecule has 0 fully saturated rings. The second-order valence-corrected chi connectivity index (χ2v) is 4.14. The fourth-order valence-corrected chi connectivity index (χ4v) is 0.642. The zero-order chi connectivity index (χ0) is 10.3. The van der Waals surface area contributed by atoms with Crippen LogP contribution < -0.4 is 0 Å². The van der Waals surface area contributed by atoms with E-state index in [0.717, 1.165) is 11.5 Å². The van der Waals surface area contributed by atoms with E-state index in [1.165, 1.54) is 0 Å². The molecule has 2 nitrogen and oxygen atoms in total. The fraction of sp³-hybridized carbons (Fsp3) is 0.500. The molecule has 0 heterocycles. The number of allylic oxidation sites excluding steroid dienone is 2. The summed E-state index contributed by atoms with van der Waals surface area (Å²) in [6, 6.07) is 0. The van der Waals surface area contributed by atoms with Crippen molar-refractivity contribution >= 4 is 15.0 Å². The summed E-state index contributed by atoms with van der Waals surface area (Å²) in [5, 5.41) is 0. The van der Waals surface area contributed by atoms with Crippen LogP contribution in [0.5, 0.6) is 0 Å². The number of nitrogens with zero attached hydrogens (tertiary/aromatic N) is 1. The van der Waals surface area contributed by atoms with Gasteiger partial charge in [0, 0.05) is 11.4 Å². The SMILES string of the molecule is C=CC(C)=N/C=C(\C)OCC(C)P. The van der Waals surface area contributed by atoms with Crippen LogP contribution in [0.1, 0.15) is 20.8 Å². The van der Waals surface area contributed by atoms with Crippen molar-refractivity contribution in [1.29, 1.82) is 0 Å². The highest BCUT2D eigenvalue weighted by Gasteiger charge is 1.94. The summed E-state index contributed by atoms with van der Waals surface area (Å²) in [6.45, 7) is 10.2. The van der Waals surface area contributed by atoms with Gasteiger partial charge in [-0.15, -0.1) is 9.24 Å². The van der Waals surface area contributed by atoms with Crippen molar-refractivity contribution in [2.24, 2.45) is 4.99 Å². The Kier molecular flexibility index (Phi) is 6.52. The molecule has 0 aliphatic carbocycles. The van der Waals surface area contributed by atoms with E-state index < -0.39 is 0 Å². The van der Waals surface area contributed by atoms with E-state index in [9.17, 15) is 0 Å². The van der Waals surface area contributed by atoms with Crippen molar-refractivity contribution in [1.82, 2.24) is 0 Å². The van der Waals surface area contributed by atoms with E-state index in [-0.39, 0.29) is 0 Å². The molecule has 0 aromatic heterocycles.